The van der Waals surface area contributed by atoms with Gasteiger partial charge in [-0.3, -0.25) is 0 Å². The molecule has 2 nitrogen and oxygen atoms in total. The number of hydrogen-bond acceptors (Lipinski definition) is 2. The minimum atomic E-state index is 0.762. The van der Waals surface area contributed by atoms with Gasteiger partial charge in [0.05, 0.1) is 18.7 Å². The van der Waals surface area contributed by atoms with E-state index in [1.165, 1.54) is 0 Å². The summed E-state index contributed by atoms with van der Waals surface area (Å²) < 4.78 is 5.20. The summed E-state index contributed by atoms with van der Waals surface area (Å²) in [7, 11) is 1.65. The van der Waals surface area contributed by atoms with Crippen molar-refractivity contribution in [1.82, 2.24) is 0 Å². The second kappa shape index (κ2) is 3.49. The summed E-state index contributed by atoms with van der Waals surface area (Å²) in [6.45, 7) is 5.84. The minimum Gasteiger partial charge on any atom is -0.496 e. The third kappa shape index (κ3) is 1.50. The van der Waals surface area contributed by atoms with E-state index in [1.807, 2.05) is 26.8 Å². The van der Waals surface area contributed by atoms with Crippen LogP contribution >= 0.6 is 0 Å². The van der Waals surface area contributed by atoms with Crippen LogP contribution in [-0.2, 0) is 0 Å². The molecule has 0 amide bonds. The van der Waals surface area contributed by atoms with Crippen LogP contribution < -0.4 is 4.74 Å². The number of hydrogen-bond donors (Lipinski definition) is 0. The van der Waals surface area contributed by atoms with Crippen LogP contribution in [0.25, 0.3) is 0 Å². The molecule has 0 N–H and O–H groups in total. The van der Waals surface area contributed by atoms with Gasteiger partial charge in [0.15, 0.2) is 0 Å². The Morgan fingerprint density at radius 3 is 2.31 bits per heavy atom. The van der Waals surface area contributed by atoms with Gasteiger partial charge in [-0.1, -0.05) is 0 Å². The Morgan fingerprint density at radius 2 is 1.85 bits per heavy atom. The quantitative estimate of drug-likeness (QED) is 0.657. The Kier molecular flexibility index (Phi) is 2.57. The molecule has 0 aliphatic rings. The van der Waals surface area contributed by atoms with E-state index in [4.69, 9.17) is 10.00 Å². The SMILES string of the molecule is COc1cc(C)c(C#N)c(C)c1C. The maximum atomic E-state index is 8.90. The summed E-state index contributed by atoms with van der Waals surface area (Å²) in [5.41, 5.74) is 3.80. The summed E-state index contributed by atoms with van der Waals surface area (Å²) in [6, 6.07) is 4.10. The molecule has 0 saturated heterocycles. The van der Waals surface area contributed by atoms with E-state index in [9.17, 15) is 0 Å². The van der Waals surface area contributed by atoms with Gasteiger partial charge in [-0.05, 0) is 43.5 Å². The summed E-state index contributed by atoms with van der Waals surface area (Å²) in [4.78, 5) is 0. The molecule has 0 aliphatic carbocycles. The fraction of sp³-hybridized carbons (Fsp3) is 0.364. The summed E-state index contributed by atoms with van der Waals surface area (Å²) in [5.74, 6) is 0.856. The fourth-order valence-corrected chi connectivity index (χ4v) is 1.43. The van der Waals surface area contributed by atoms with E-state index in [2.05, 4.69) is 6.07 Å². The molecule has 1 rings (SSSR count). The van der Waals surface area contributed by atoms with Crippen LogP contribution in [0.15, 0.2) is 6.07 Å². The largest absolute Gasteiger partial charge is 0.496 e. The van der Waals surface area contributed by atoms with Crippen molar-refractivity contribution in [2.45, 2.75) is 20.8 Å². The number of methoxy groups -OCH3 is 1. The Hall–Kier alpha value is -1.49. The first-order valence-electron chi connectivity index (χ1n) is 4.16. The zero-order chi connectivity index (χ0) is 10.0. The lowest BCUT2D eigenvalue weighted by molar-refractivity contribution is 0.411. The fourth-order valence-electron chi connectivity index (χ4n) is 1.43. The number of aryl methyl sites for hydroxylation is 1. The first-order valence-corrected chi connectivity index (χ1v) is 4.16. The zero-order valence-corrected chi connectivity index (χ0v) is 8.43. The van der Waals surface area contributed by atoms with Gasteiger partial charge in [-0.15, -0.1) is 0 Å². The van der Waals surface area contributed by atoms with Crippen molar-refractivity contribution in [3.8, 4) is 11.8 Å². The minimum absolute atomic E-state index is 0.762. The molecule has 68 valence electrons. The summed E-state index contributed by atoms with van der Waals surface area (Å²) >= 11 is 0. The molecule has 2 heteroatoms. The molecule has 0 saturated carbocycles. The van der Waals surface area contributed by atoms with Gasteiger partial charge in [0.2, 0.25) is 0 Å². The standard InChI is InChI=1S/C11H13NO/c1-7-5-11(13-4)9(3)8(2)10(7)6-12/h5H,1-4H3. The molecule has 0 aromatic heterocycles. The molecule has 0 aliphatic heterocycles. The lowest BCUT2D eigenvalue weighted by Crippen LogP contribution is -1.96. The highest BCUT2D eigenvalue weighted by Gasteiger charge is 2.09. The normalized spacial score (nSPS) is 9.46. The van der Waals surface area contributed by atoms with Crippen molar-refractivity contribution in [3.63, 3.8) is 0 Å². The molecule has 0 radical (unpaired) electrons. The smallest absolute Gasteiger partial charge is 0.122 e. The van der Waals surface area contributed by atoms with Crippen LogP contribution in [0.1, 0.15) is 22.3 Å². The van der Waals surface area contributed by atoms with E-state index < -0.39 is 0 Å². The number of ether oxygens (including phenoxy) is 1. The van der Waals surface area contributed by atoms with Crippen molar-refractivity contribution in [2.24, 2.45) is 0 Å². The maximum absolute atomic E-state index is 8.90. The number of nitrogens with zero attached hydrogens (tertiary/aromatic N) is 1. The molecule has 0 spiro atoms. The molecular weight excluding hydrogens is 162 g/mol. The summed E-state index contributed by atoms with van der Waals surface area (Å²) in [6.07, 6.45) is 0. The van der Waals surface area contributed by atoms with E-state index in [1.54, 1.807) is 7.11 Å². The van der Waals surface area contributed by atoms with Crippen LogP contribution in [-0.4, -0.2) is 7.11 Å². The molecule has 0 unspecified atom stereocenters. The van der Waals surface area contributed by atoms with Crippen LogP contribution in [0.4, 0.5) is 0 Å². The first kappa shape index (κ1) is 9.60. The number of rotatable bonds is 1. The maximum Gasteiger partial charge on any atom is 0.122 e. The van der Waals surface area contributed by atoms with Crippen LogP contribution in [0.3, 0.4) is 0 Å². The Morgan fingerprint density at radius 1 is 1.23 bits per heavy atom. The van der Waals surface area contributed by atoms with E-state index in [0.29, 0.717) is 0 Å². The van der Waals surface area contributed by atoms with Crippen LogP contribution in [0, 0.1) is 32.1 Å². The lowest BCUT2D eigenvalue weighted by Gasteiger charge is -2.10. The van der Waals surface area contributed by atoms with Crippen molar-refractivity contribution in [3.05, 3.63) is 28.3 Å². The van der Waals surface area contributed by atoms with Gasteiger partial charge in [0.25, 0.3) is 0 Å². The Labute approximate surface area is 78.8 Å². The molecular formula is C11H13NO. The zero-order valence-electron chi connectivity index (χ0n) is 8.43. The van der Waals surface area contributed by atoms with Crippen molar-refractivity contribution >= 4 is 0 Å². The molecule has 0 heterocycles. The summed E-state index contributed by atoms with van der Waals surface area (Å²) in [5, 5.41) is 8.90. The second-order valence-electron chi connectivity index (χ2n) is 3.13. The average Bonchev–Trinajstić information content (AvgIpc) is 2.12. The molecule has 13 heavy (non-hydrogen) atoms. The van der Waals surface area contributed by atoms with Crippen LogP contribution in [0.5, 0.6) is 5.75 Å². The highest BCUT2D eigenvalue weighted by atomic mass is 16.5. The van der Waals surface area contributed by atoms with E-state index in [-0.39, 0.29) is 0 Å². The number of nitriles is 1. The van der Waals surface area contributed by atoms with Gasteiger partial charge in [-0.2, -0.15) is 5.26 Å². The van der Waals surface area contributed by atoms with Gasteiger partial charge in [-0.25, -0.2) is 0 Å². The van der Waals surface area contributed by atoms with Crippen molar-refractivity contribution < 1.29 is 4.74 Å². The van der Waals surface area contributed by atoms with E-state index in [0.717, 1.165) is 28.0 Å². The van der Waals surface area contributed by atoms with Gasteiger partial charge in [0.1, 0.15) is 5.75 Å². The van der Waals surface area contributed by atoms with E-state index >= 15 is 0 Å². The lowest BCUT2D eigenvalue weighted by atomic mass is 9.98. The Balaban J connectivity index is 3.48. The second-order valence-corrected chi connectivity index (χ2v) is 3.13. The molecule has 0 bridgehead atoms. The monoisotopic (exact) mass is 175 g/mol. The third-order valence-corrected chi connectivity index (χ3v) is 2.38. The molecule has 1 aromatic carbocycles. The van der Waals surface area contributed by atoms with Crippen molar-refractivity contribution in [1.29, 1.82) is 5.26 Å². The third-order valence-electron chi connectivity index (χ3n) is 2.38. The van der Waals surface area contributed by atoms with Gasteiger partial charge >= 0.3 is 0 Å². The van der Waals surface area contributed by atoms with Gasteiger partial charge in [0, 0.05) is 0 Å². The van der Waals surface area contributed by atoms with Crippen LogP contribution in [0.2, 0.25) is 0 Å². The topological polar surface area (TPSA) is 33.0 Å². The van der Waals surface area contributed by atoms with Crippen molar-refractivity contribution in [2.75, 3.05) is 7.11 Å². The first-order chi connectivity index (χ1) is 6.11. The Bertz CT molecular complexity index is 374. The predicted octanol–water partition coefficient (Wildman–Crippen LogP) is 2.49. The number of benzene rings is 1. The highest BCUT2D eigenvalue weighted by molar-refractivity contribution is 5.53. The molecule has 1 aromatic rings. The molecule has 0 atom stereocenters. The predicted molar refractivity (Wildman–Crippen MR) is 51.9 cm³/mol. The average molecular weight is 175 g/mol. The van der Waals surface area contributed by atoms with Gasteiger partial charge < -0.3 is 4.74 Å². The molecule has 0 fully saturated rings. The highest BCUT2D eigenvalue weighted by Crippen LogP contribution is 2.26.